The van der Waals surface area contributed by atoms with Gasteiger partial charge in [-0.05, 0) is 56.0 Å². The van der Waals surface area contributed by atoms with Gasteiger partial charge in [0.05, 0.1) is 18.2 Å². The van der Waals surface area contributed by atoms with Crippen molar-refractivity contribution in [1.29, 1.82) is 0 Å². The van der Waals surface area contributed by atoms with E-state index in [0.29, 0.717) is 25.3 Å². The topological polar surface area (TPSA) is 68.2 Å². The van der Waals surface area contributed by atoms with Gasteiger partial charge in [-0.2, -0.15) is 0 Å². The molecule has 1 saturated carbocycles. The zero-order valence-corrected chi connectivity index (χ0v) is 19.0. The molecule has 0 bridgehead atoms. The summed E-state index contributed by atoms with van der Waals surface area (Å²) in [7, 11) is 0. The van der Waals surface area contributed by atoms with Crippen LogP contribution in [0, 0.1) is 5.92 Å². The Labute approximate surface area is 194 Å². The Morgan fingerprint density at radius 3 is 2.91 bits per heavy atom. The van der Waals surface area contributed by atoms with E-state index >= 15 is 0 Å². The fourth-order valence-corrected chi connectivity index (χ4v) is 5.61. The minimum atomic E-state index is -0.736. The number of para-hydroxylation sites is 1. The van der Waals surface area contributed by atoms with Gasteiger partial charge in [-0.25, -0.2) is 0 Å². The van der Waals surface area contributed by atoms with Crippen molar-refractivity contribution in [2.75, 3.05) is 19.9 Å². The highest BCUT2D eigenvalue weighted by Crippen LogP contribution is 2.51. The van der Waals surface area contributed by atoms with Gasteiger partial charge in [0.1, 0.15) is 5.75 Å². The van der Waals surface area contributed by atoms with Crippen molar-refractivity contribution in [2.45, 2.75) is 50.7 Å². The zero-order chi connectivity index (χ0) is 22.8. The lowest BCUT2D eigenvalue weighted by Crippen LogP contribution is -2.56. The summed E-state index contributed by atoms with van der Waals surface area (Å²) in [5, 5.41) is 11.5. The van der Waals surface area contributed by atoms with Crippen LogP contribution in [0.2, 0.25) is 0 Å². The number of hydrogen-bond acceptors (Lipinski definition) is 5. The molecule has 2 aromatic rings. The molecule has 1 saturated heterocycles. The number of ether oxygens (including phenoxy) is 3. The molecule has 33 heavy (non-hydrogen) atoms. The molecule has 0 spiro atoms. The Morgan fingerprint density at radius 2 is 2.03 bits per heavy atom. The van der Waals surface area contributed by atoms with Gasteiger partial charge in [0, 0.05) is 24.1 Å². The van der Waals surface area contributed by atoms with Gasteiger partial charge in [-0.15, -0.1) is 0 Å². The first-order chi connectivity index (χ1) is 16.1. The summed E-state index contributed by atoms with van der Waals surface area (Å²) >= 11 is 0. The molecule has 1 amide bonds. The van der Waals surface area contributed by atoms with Crippen molar-refractivity contribution in [3.05, 3.63) is 59.7 Å². The molecule has 3 unspecified atom stereocenters. The Kier molecular flexibility index (Phi) is 6.02. The normalized spacial score (nSPS) is 26.3. The zero-order valence-electron chi connectivity index (χ0n) is 19.0. The van der Waals surface area contributed by atoms with E-state index < -0.39 is 5.60 Å². The molecule has 2 aliphatic heterocycles. The highest BCUT2D eigenvalue weighted by Gasteiger charge is 2.50. The standard InChI is InChI=1S/C27H31NO5/c1-2-31-22-9-4-3-7-20(22)26-21-8-5-6-14-27(21,30)15-16-28(26)25(29)13-11-19-10-12-23-24(17-19)33-18-32-23/h3-4,7,9-13,17,21,26,30H,2,5-6,8,14-16,18H2,1H3/b13-11+. The van der Waals surface area contributed by atoms with Crippen LogP contribution in [0.25, 0.3) is 6.08 Å². The minimum absolute atomic E-state index is 0.00972. The van der Waals surface area contributed by atoms with E-state index in [1.54, 1.807) is 6.08 Å². The average molecular weight is 450 g/mol. The molecule has 6 heteroatoms. The van der Waals surface area contributed by atoms with Gasteiger partial charge < -0.3 is 24.2 Å². The fraction of sp³-hybridized carbons (Fsp3) is 0.444. The Hall–Kier alpha value is -2.99. The summed E-state index contributed by atoms with van der Waals surface area (Å²) in [6.45, 7) is 3.26. The monoisotopic (exact) mass is 449 g/mol. The molecule has 0 aromatic heterocycles. The number of rotatable bonds is 5. The Balaban J connectivity index is 1.46. The maximum absolute atomic E-state index is 13.5. The predicted octanol–water partition coefficient (Wildman–Crippen LogP) is 4.72. The SMILES string of the molecule is CCOc1ccccc1C1C2CCCCC2(O)CCN1C(=O)/C=C/c1ccc2c(c1)OCO2. The molecule has 3 atom stereocenters. The van der Waals surface area contributed by atoms with Gasteiger partial charge in [0.25, 0.3) is 0 Å². The lowest BCUT2D eigenvalue weighted by Gasteiger charge is -2.52. The second-order valence-corrected chi connectivity index (χ2v) is 9.10. The minimum Gasteiger partial charge on any atom is -0.494 e. The summed E-state index contributed by atoms with van der Waals surface area (Å²) in [6, 6.07) is 13.4. The maximum Gasteiger partial charge on any atom is 0.247 e. The maximum atomic E-state index is 13.5. The van der Waals surface area contributed by atoms with Gasteiger partial charge in [-0.1, -0.05) is 37.1 Å². The van der Waals surface area contributed by atoms with E-state index in [1.165, 1.54) is 0 Å². The van der Waals surface area contributed by atoms with Crippen molar-refractivity contribution in [3.8, 4) is 17.2 Å². The van der Waals surface area contributed by atoms with Crippen molar-refractivity contribution < 1.29 is 24.1 Å². The molecular formula is C27H31NO5. The number of piperidine rings is 1. The smallest absolute Gasteiger partial charge is 0.247 e. The first kappa shape index (κ1) is 21.8. The van der Waals surface area contributed by atoms with E-state index in [0.717, 1.165) is 48.3 Å². The Morgan fingerprint density at radius 1 is 1.18 bits per heavy atom. The van der Waals surface area contributed by atoms with Crippen LogP contribution in [-0.4, -0.2) is 41.5 Å². The molecule has 174 valence electrons. The van der Waals surface area contributed by atoms with Gasteiger partial charge in [-0.3, -0.25) is 4.79 Å². The lowest BCUT2D eigenvalue weighted by molar-refractivity contribution is -0.151. The first-order valence-corrected chi connectivity index (χ1v) is 11.9. The van der Waals surface area contributed by atoms with Crippen LogP contribution < -0.4 is 14.2 Å². The van der Waals surface area contributed by atoms with Gasteiger partial charge >= 0.3 is 0 Å². The third-order valence-corrected chi connectivity index (χ3v) is 7.20. The molecule has 0 radical (unpaired) electrons. The van der Waals surface area contributed by atoms with Crippen LogP contribution in [0.15, 0.2) is 48.5 Å². The fourth-order valence-electron chi connectivity index (χ4n) is 5.61. The van der Waals surface area contributed by atoms with Crippen molar-refractivity contribution in [2.24, 2.45) is 5.92 Å². The molecule has 6 nitrogen and oxygen atoms in total. The molecule has 2 aromatic carbocycles. The number of carbonyl (C=O) groups is 1. The van der Waals surface area contributed by atoms with Crippen molar-refractivity contribution >= 4 is 12.0 Å². The van der Waals surface area contributed by atoms with Crippen molar-refractivity contribution in [1.82, 2.24) is 4.90 Å². The highest BCUT2D eigenvalue weighted by atomic mass is 16.7. The number of aliphatic hydroxyl groups is 1. The summed E-state index contributed by atoms with van der Waals surface area (Å²) in [6.07, 6.45) is 7.84. The van der Waals surface area contributed by atoms with E-state index in [-0.39, 0.29) is 24.7 Å². The number of amides is 1. The van der Waals surface area contributed by atoms with E-state index in [9.17, 15) is 9.90 Å². The van der Waals surface area contributed by atoms with E-state index in [4.69, 9.17) is 14.2 Å². The predicted molar refractivity (Wildman–Crippen MR) is 125 cm³/mol. The summed E-state index contributed by atoms with van der Waals surface area (Å²) in [5.41, 5.74) is 1.12. The highest BCUT2D eigenvalue weighted by molar-refractivity contribution is 5.92. The van der Waals surface area contributed by atoms with Crippen LogP contribution in [-0.2, 0) is 4.79 Å². The summed E-state index contributed by atoms with van der Waals surface area (Å²) < 4.78 is 16.8. The molecule has 3 aliphatic rings. The second kappa shape index (κ2) is 9.10. The summed E-state index contributed by atoms with van der Waals surface area (Å²) in [5.74, 6) is 2.13. The van der Waals surface area contributed by atoms with Crippen LogP contribution in [0.1, 0.15) is 56.2 Å². The van der Waals surface area contributed by atoms with Crippen molar-refractivity contribution in [3.63, 3.8) is 0 Å². The van der Waals surface area contributed by atoms with Gasteiger partial charge in [0.2, 0.25) is 12.7 Å². The van der Waals surface area contributed by atoms with Crippen LogP contribution in [0.5, 0.6) is 17.2 Å². The van der Waals surface area contributed by atoms with Gasteiger partial charge in [0.15, 0.2) is 11.5 Å². The quantitative estimate of drug-likeness (QED) is 0.669. The van der Waals surface area contributed by atoms with Crippen LogP contribution in [0.4, 0.5) is 0 Å². The molecular weight excluding hydrogens is 418 g/mol. The third kappa shape index (κ3) is 4.20. The molecule has 1 aliphatic carbocycles. The largest absolute Gasteiger partial charge is 0.494 e. The van der Waals surface area contributed by atoms with E-state index in [1.807, 2.05) is 60.4 Å². The Bertz CT molecular complexity index is 1050. The third-order valence-electron chi connectivity index (χ3n) is 7.20. The number of carbonyl (C=O) groups excluding carboxylic acids is 1. The second-order valence-electron chi connectivity index (χ2n) is 9.10. The summed E-state index contributed by atoms with van der Waals surface area (Å²) in [4.78, 5) is 15.4. The molecule has 5 rings (SSSR count). The van der Waals surface area contributed by atoms with E-state index in [2.05, 4.69) is 0 Å². The number of hydrogen-bond donors (Lipinski definition) is 1. The lowest BCUT2D eigenvalue weighted by atomic mass is 9.66. The number of benzene rings is 2. The first-order valence-electron chi connectivity index (χ1n) is 11.9. The van der Waals surface area contributed by atoms with Crippen LogP contribution >= 0.6 is 0 Å². The van der Waals surface area contributed by atoms with Crippen LogP contribution in [0.3, 0.4) is 0 Å². The molecule has 2 fully saturated rings. The molecule has 2 heterocycles. The number of nitrogens with zero attached hydrogens (tertiary/aromatic N) is 1. The average Bonchev–Trinajstić information content (AvgIpc) is 3.30. The number of fused-ring (bicyclic) bond motifs is 2. The number of likely N-dealkylation sites (tertiary alicyclic amines) is 1. The molecule has 1 N–H and O–H groups in total.